The molecule has 0 aromatic heterocycles. The minimum Gasteiger partial charge on any atom is -0.480 e. The molecule has 0 aliphatic carbocycles. The molecule has 0 amide bonds. The molecule has 0 saturated carbocycles. The van der Waals surface area contributed by atoms with E-state index in [-0.39, 0.29) is 5.75 Å². The van der Waals surface area contributed by atoms with Gasteiger partial charge in [0.05, 0.1) is 0 Å². The van der Waals surface area contributed by atoms with Crippen molar-refractivity contribution in [2.45, 2.75) is 69.6 Å². The van der Waals surface area contributed by atoms with Gasteiger partial charge < -0.3 is 31.2 Å². The van der Waals surface area contributed by atoms with E-state index in [9.17, 15) is 24.3 Å². The summed E-state index contributed by atoms with van der Waals surface area (Å²) in [5.74, 6) is -5.56. The molecule has 0 radical (unpaired) electrons. The van der Waals surface area contributed by atoms with E-state index in [0.29, 0.717) is 21.6 Å². The predicted molar refractivity (Wildman–Crippen MR) is 106 cm³/mol. The second kappa shape index (κ2) is 9.81. The molecule has 2 atom stereocenters. The lowest BCUT2D eigenvalue weighted by atomic mass is 9.98. The molecule has 0 fully saturated rings. The van der Waals surface area contributed by atoms with E-state index < -0.39 is 51.9 Å². The number of carbonyl (C=O) groups is 4. The number of hydrogen-bond acceptors (Lipinski definition) is 10. The summed E-state index contributed by atoms with van der Waals surface area (Å²) < 4.78 is 8.02. The van der Waals surface area contributed by atoms with Crippen molar-refractivity contribution < 1.29 is 38.9 Å². The zero-order valence-corrected chi connectivity index (χ0v) is 18.3. The molecular weight excluding hydrogens is 412 g/mol. The smallest absolute Gasteiger partial charge is 0.337 e. The largest absolute Gasteiger partial charge is 0.480 e. The summed E-state index contributed by atoms with van der Waals surface area (Å²) in [6.45, 7) is 9.22. The number of carbonyl (C=O) groups excluding carboxylic acids is 2. The van der Waals surface area contributed by atoms with Crippen LogP contribution in [0.3, 0.4) is 0 Å². The van der Waals surface area contributed by atoms with Gasteiger partial charge in [0.1, 0.15) is 23.3 Å². The Balaban J connectivity index is 6.12. The Labute approximate surface area is 171 Å². The number of ether oxygens (including phenoxy) is 2. The first-order valence-electron chi connectivity index (χ1n) is 8.18. The van der Waals surface area contributed by atoms with E-state index in [1.807, 2.05) is 0 Å². The summed E-state index contributed by atoms with van der Waals surface area (Å²) in [6.07, 6.45) is 0. The minimum atomic E-state index is -2.48. The van der Waals surface area contributed by atoms with E-state index in [4.69, 9.17) is 26.0 Å². The molecule has 0 rings (SSSR count). The number of esters is 2. The zero-order valence-electron chi connectivity index (χ0n) is 16.7. The van der Waals surface area contributed by atoms with Crippen molar-refractivity contribution in [1.29, 1.82) is 0 Å². The maximum absolute atomic E-state index is 12.9. The summed E-state index contributed by atoms with van der Waals surface area (Å²) in [6, 6.07) is -3.32. The van der Waals surface area contributed by atoms with Crippen LogP contribution in [0.1, 0.15) is 41.5 Å². The van der Waals surface area contributed by atoms with Crippen molar-refractivity contribution in [3.05, 3.63) is 0 Å². The van der Waals surface area contributed by atoms with Gasteiger partial charge >= 0.3 is 23.9 Å². The molecule has 10 nitrogen and oxygen atoms in total. The van der Waals surface area contributed by atoms with Gasteiger partial charge in [0.2, 0.25) is 4.75 Å². The quantitative estimate of drug-likeness (QED) is 0.223. The van der Waals surface area contributed by atoms with E-state index in [0.717, 1.165) is 0 Å². The van der Waals surface area contributed by atoms with Gasteiger partial charge in [-0.2, -0.15) is 0 Å². The van der Waals surface area contributed by atoms with E-state index >= 15 is 0 Å². The Hall–Kier alpha value is -1.50. The average Bonchev–Trinajstić information content (AvgIpc) is 2.46. The van der Waals surface area contributed by atoms with Crippen LogP contribution in [0.4, 0.5) is 0 Å². The topological polar surface area (TPSA) is 179 Å². The SMILES string of the molecule is CC(C)(C)OC(=O)C(SSC[C@H](N)C(=O)O)(C(=O)OC(C)(C)C)[C@H](N)C(=O)O. The van der Waals surface area contributed by atoms with E-state index in [1.54, 1.807) is 0 Å². The summed E-state index contributed by atoms with van der Waals surface area (Å²) in [4.78, 5) is 48.3. The maximum atomic E-state index is 12.9. The number of rotatable bonds is 9. The number of nitrogens with two attached hydrogens (primary N) is 2. The summed E-state index contributed by atoms with van der Waals surface area (Å²) in [7, 11) is 1.18. The van der Waals surface area contributed by atoms with Gasteiger partial charge in [-0.25, -0.2) is 9.59 Å². The first kappa shape index (κ1) is 26.5. The molecule has 28 heavy (non-hydrogen) atoms. The molecule has 162 valence electrons. The van der Waals surface area contributed by atoms with Crippen LogP contribution in [0.2, 0.25) is 0 Å². The van der Waals surface area contributed by atoms with Crippen LogP contribution >= 0.6 is 21.6 Å². The third-order valence-electron chi connectivity index (χ3n) is 2.86. The standard InChI is InChI=1S/C16H28N2O8S2/c1-14(2,3)25-12(23)16(9(18)11(21)22,13(24)26-15(4,5)6)28-27-7-8(17)10(19)20/h8-9H,7,17-18H2,1-6H3,(H,19,20)(H,21,22)/t8-,9+/m0/s1. The van der Waals surface area contributed by atoms with Crippen LogP contribution in [-0.2, 0) is 28.7 Å². The number of carboxylic acid groups (broad SMARTS) is 2. The fourth-order valence-electron chi connectivity index (χ4n) is 1.61. The molecule has 0 aromatic carbocycles. The van der Waals surface area contributed by atoms with Gasteiger partial charge in [-0.1, -0.05) is 21.6 Å². The number of aliphatic carboxylic acids is 2. The molecule has 0 spiro atoms. The third-order valence-corrected chi connectivity index (χ3v) is 5.88. The normalized spacial score (nSPS) is 14.7. The van der Waals surface area contributed by atoms with Gasteiger partial charge in [-0.05, 0) is 41.5 Å². The van der Waals surface area contributed by atoms with Gasteiger partial charge in [-0.15, -0.1) is 0 Å². The Morgan fingerprint density at radius 2 is 1.25 bits per heavy atom. The molecule has 0 unspecified atom stereocenters. The van der Waals surface area contributed by atoms with Crippen LogP contribution < -0.4 is 11.5 Å². The van der Waals surface area contributed by atoms with Crippen LogP contribution in [0.5, 0.6) is 0 Å². The summed E-state index contributed by atoms with van der Waals surface area (Å²) in [5, 5.41) is 18.3. The molecule has 12 heteroatoms. The van der Waals surface area contributed by atoms with Crippen molar-refractivity contribution in [2.24, 2.45) is 11.5 Å². The molecule has 0 heterocycles. The predicted octanol–water partition coefficient (Wildman–Crippen LogP) is 0.614. The average molecular weight is 441 g/mol. The highest BCUT2D eigenvalue weighted by Crippen LogP contribution is 2.42. The van der Waals surface area contributed by atoms with Crippen molar-refractivity contribution >= 4 is 45.5 Å². The second-order valence-corrected chi connectivity index (χ2v) is 10.5. The van der Waals surface area contributed by atoms with Crippen molar-refractivity contribution in [3.63, 3.8) is 0 Å². The van der Waals surface area contributed by atoms with Crippen molar-refractivity contribution in [1.82, 2.24) is 0 Å². The van der Waals surface area contributed by atoms with Gasteiger partial charge in [0.15, 0.2) is 0 Å². The van der Waals surface area contributed by atoms with Crippen molar-refractivity contribution in [2.75, 3.05) is 5.75 Å². The molecule has 0 bridgehead atoms. The molecular formula is C16H28N2O8S2. The highest BCUT2D eigenvalue weighted by atomic mass is 33.1. The number of carboxylic acids is 2. The fraction of sp³-hybridized carbons (Fsp3) is 0.750. The fourth-order valence-corrected chi connectivity index (χ4v) is 4.50. The van der Waals surface area contributed by atoms with Crippen molar-refractivity contribution in [3.8, 4) is 0 Å². The Morgan fingerprint density at radius 1 is 0.857 bits per heavy atom. The summed E-state index contributed by atoms with van der Waals surface area (Å²) >= 11 is 0. The van der Waals surface area contributed by atoms with Crippen LogP contribution in [-0.4, -0.2) is 67.9 Å². The molecule has 0 aliphatic heterocycles. The Bertz CT molecular complexity index is 585. The minimum absolute atomic E-state index is 0.223. The van der Waals surface area contributed by atoms with Crippen LogP contribution in [0.25, 0.3) is 0 Å². The Morgan fingerprint density at radius 3 is 1.54 bits per heavy atom. The molecule has 0 saturated heterocycles. The molecule has 0 aromatic rings. The third kappa shape index (κ3) is 7.86. The first-order valence-corrected chi connectivity index (χ1v) is 10.5. The maximum Gasteiger partial charge on any atom is 0.337 e. The van der Waals surface area contributed by atoms with Crippen LogP contribution in [0, 0.1) is 0 Å². The first-order chi connectivity index (χ1) is 12.4. The van der Waals surface area contributed by atoms with Crippen LogP contribution in [0.15, 0.2) is 0 Å². The second-order valence-electron chi connectivity index (χ2n) is 7.87. The highest BCUT2D eigenvalue weighted by Gasteiger charge is 2.59. The molecule has 6 N–H and O–H groups in total. The number of hydrogen-bond donors (Lipinski definition) is 4. The van der Waals surface area contributed by atoms with E-state index in [1.165, 1.54) is 41.5 Å². The lowest BCUT2D eigenvalue weighted by Crippen LogP contribution is -2.63. The highest BCUT2D eigenvalue weighted by molar-refractivity contribution is 8.77. The molecule has 0 aliphatic rings. The zero-order chi connectivity index (χ0) is 22.5. The monoisotopic (exact) mass is 440 g/mol. The summed E-state index contributed by atoms with van der Waals surface area (Å²) in [5.41, 5.74) is 9.05. The van der Waals surface area contributed by atoms with Gasteiger partial charge in [-0.3, -0.25) is 9.59 Å². The van der Waals surface area contributed by atoms with E-state index in [2.05, 4.69) is 0 Å². The lowest BCUT2D eigenvalue weighted by molar-refractivity contribution is -0.174. The van der Waals surface area contributed by atoms with Gasteiger partial charge in [0, 0.05) is 5.75 Å². The Kier molecular flexibility index (Phi) is 9.28. The lowest BCUT2D eigenvalue weighted by Gasteiger charge is -2.35. The van der Waals surface area contributed by atoms with Gasteiger partial charge in [0.25, 0.3) is 0 Å².